The Hall–Kier alpha value is -1.39. The highest BCUT2D eigenvalue weighted by Gasteiger charge is 2.48. The van der Waals surface area contributed by atoms with Gasteiger partial charge in [0.15, 0.2) is 0 Å². The molecule has 1 aliphatic heterocycles. The Morgan fingerprint density at radius 1 is 1.24 bits per heavy atom. The molecule has 0 aromatic heterocycles. The van der Waals surface area contributed by atoms with E-state index >= 15 is 0 Å². The van der Waals surface area contributed by atoms with E-state index in [2.05, 4.69) is 0 Å². The van der Waals surface area contributed by atoms with Crippen molar-refractivity contribution in [2.75, 3.05) is 6.54 Å². The zero-order chi connectivity index (χ0) is 15.0. The fourth-order valence-electron chi connectivity index (χ4n) is 3.88. The zero-order valence-electron chi connectivity index (χ0n) is 12.5. The Morgan fingerprint density at radius 2 is 1.95 bits per heavy atom. The first-order chi connectivity index (χ1) is 10.0. The number of aliphatic hydroxyl groups is 2. The molecule has 0 bridgehead atoms. The lowest BCUT2D eigenvalue weighted by Crippen LogP contribution is -2.61. The molecule has 3 rings (SSSR count). The van der Waals surface area contributed by atoms with Gasteiger partial charge in [0.2, 0.25) is 0 Å². The molecule has 114 valence electrons. The van der Waals surface area contributed by atoms with Crippen molar-refractivity contribution in [3.8, 4) is 0 Å². The van der Waals surface area contributed by atoms with Crippen LogP contribution in [0.1, 0.15) is 48.0 Å². The van der Waals surface area contributed by atoms with Crippen LogP contribution < -0.4 is 0 Å². The van der Waals surface area contributed by atoms with Crippen molar-refractivity contribution >= 4 is 5.91 Å². The molecule has 0 unspecified atom stereocenters. The molecule has 1 saturated heterocycles. The summed E-state index contributed by atoms with van der Waals surface area (Å²) in [5, 5.41) is 20.0. The number of carbonyl (C=O) groups excluding carboxylic acids is 1. The molecule has 1 spiro atoms. The molecule has 0 radical (unpaired) electrons. The molecule has 4 heteroatoms. The van der Waals surface area contributed by atoms with Gasteiger partial charge in [0.25, 0.3) is 5.91 Å². The number of piperidine rings is 1. The van der Waals surface area contributed by atoms with Crippen LogP contribution in [0.3, 0.4) is 0 Å². The molecule has 21 heavy (non-hydrogen) atoms. The summed E-state index contributed by atoms with van der Waals surface area (Å²) in [6.45, 7) is 2.20. The van der Waals surface area contributed by atoms with Gasteiger partial charge in [0, 0.05) is 11.1 Å². The number of aliphatic hydroxyl groups excluding tert-OH is 2. The van der Waals surface area contributed by atoms with Gasteiger partial charge in [0.05, 0.1) is 18.8 Å². The Kier molecular flexibility index (Phi) is 3.76. The molecule has 1 aromatic rings. The normalized spacial score (nSPS) is 28.0. The first-order valence-corrected chi connectivity index (χ1v) is 7.77. The van der Waals surface area contributed by atoms with Crippen LogP contribution in [0.2, 0.25) is 0 Å². The second-order valence-corrected chi connectivity index (χ2v) is 6.56. The van der Waals surface area contributed by atoms with Gasteiger partial charge in [-0.15, -0.1) is 0 Å². The second-order valence-electron chi connectivity index (χ2n) is 6.56. The van der Waals surface area contributed by atoms with Gasteiger partial charge in [-0.2, -0.15) is 0 Å². The maximum Gasteiger partial charge on any atom is 0.254 e. The summed E-state index contributed by atoms with van der Waals surface area (Å²) < 4.78 is 0. The van der Waals surface area contributed by atoms with Gasteiger partial charge in [-0.3, -0.25) is 4.79 Å². The maximum absolute atomic E-state index is 12.9. The van der Waals surface area contributed by atoms with Crippen molar-refractivity contribution in [2.45, 2.75) is 56.8 Å². The number of carbonyl (C=O) groups is 1. The van der Waals surface area contributed by atoms with E-state index in [0.717, 1.165) is 31.2 Å². The number of aryl methyl sites for hydroxylation is 1. The summed E-state index contributed by atoms with van der Waals surface area (Å²) in [5.74, 6) is -0.0217. The molecule has 1 heterocycles. The van der Waals surface area contributed by atoms with Crippen molar-refractivity contribution in [1.82, 2.24) is 4.90 Å². The molecule has 2 fully saturated rings. The van der Waals surface area contributed by atoms with Crippen molar-refractivity contribution in [3.05, 3.63) is 35.4 Å². The summed E-state index contributed by atoms with van der Waals surface area (Å²) in [7, 11) is 0. The average Bonchev–Trinajstić information content (AvgIpc) is 2.91. The standard InChI is InChI=1S/C17H23NO3/c1-12-5-4-6-13(9-12)16(21)18-11-15(20)14(19)10-17(18)7-2-3-8-17/h4-6,9,14-15,19-20H,2-3,7-8,10-11H2,1H3/t14-,15+/m0/s1. The van der Waals surface area contributed by atoms with Gasteiger partial charge in [-0.25, -0.2) is 0 Å². The van der Waals surface area contributed by atoms with E-state index in [0.29, 0.717) is 12.0 Å². The summed E-state index contributed by atoms with van der Waals surface area (Å²) in [5.41, 5.74) is 1.46. The van der Waals surface area contributed by atoms with E-state index in [1.54, 1.807) is 0 Å². The molecule has 1 amide bonds. The van der Waals surface area contributed by atoms with Gasteiger partial charge < -0.3 is 15.1 Å². The van der Waals surface area contributed by atoms with Crippen LogP contribution in [0.5, 0.6) is 0 Å². The molecular weight excluding hydrogens is 266 g/mol. The quantitative estimate of drug-likeness (QED) is 0.830. The number of benzene rings is 1. The first-order valence-electron chi connectivity index (χ1n) is 7.77. The number of hydrogen-bond donors (Lipinski definition) is 2. The monoisotopic (exact) mass is 289 g/mol. The fraction of sp³-hybridized carbons (Fsp3) is 0.588. The van der Waals surface area contributed by atoms with Crippen LogP contribution in [-0.4, -0.2) is 45.3 Å². The van der Waals surface area contributed by atoms with Crippen LogP contribution >= 0.6 is 0 Å². The van der Waals surface area contributed by atoms with Crippen molar-refractivity contribution < 1.29 is 15.0 Å². The lowest BCUT2D eigenvalue weighted by Gasteiger charge is -2.48. The Bertz CT molecular complexity index is 537. The summed E-state index contributed by atoms with van der Waals surface area (Å²) >= 11 is 0. The number of rotatable bonds is 1. The third kappa shape index (κ3) is 2.58. The first kappa shape index (κ1) is 14.5. The molecule has 2 aliphatic rings. The van der Waals surface area contributed by atoms with Gasteiger partial charge >= 0.3 is 0 Å². The Labute approximate surface area is 125 Å². The topological polar surface area (TPSA) is 60.8 Å². The predicted octanol–water partition coefficient (Wildman–Crippen LogP) is 1.88. The van der Waals surface area contributed by atoms with E-state index < -0.39 is 12.2 Å². The summed E-state index contributed by atoms with van der Waals surface area (Å²) in [6.07, 6.45) is 2.95. The van der Waals surface area contributed by atoms with E-state index in [-0.39, 0.29) is 18.0 Å². The highest BCUT2D eigenvalue weighted by molar-refractivity contribution is 5.95. The molecule has 1 aromatic carbocycles. The van der Waals surface area contributed by atoms with Crippen LogP contribution in [0.25, 0.3) is 0 Å². The molecule has 1 saturated carbocycles. The third-order valence-electron chi connectivity index (χ3n) is 5.02. The number of amides is 1. The van der Waals surface area contributed by atoms with Crippen molar-refractivity contribution in [1.29, 1.82) is 0 Å². The van der Waals surface area contributed by atoms with Crippen LogP contribution in [-0.2, 0) is 0 Å². The predicted molar refractivity (Wildman–Crippen MR) is 80.0 cm³/mol. The maximum atomic E-state index is 12.9. The van der Waals surface area contributed by atoms with Gasteiger partial charge in [0.1, 0.15) is 0 Å². The highest BCUT2D eigenvalue weighted by atomic mass is 16.3. The number of hydrogen-bond acceptors (Lipinski definition) is 3. The minimum atomic E-state index is -0.843. The number of β-amino-alcohol motifs (C(OH)–C–C–N with tert-alkyl or cyclic N) is 1. The second kappa shape index (κ2) is 5.43. The molecule has 2 N–H and O–H groups in total. The van der Waals surface area contributed by atoms with Gasteiger partial charge in [-0.1, -0.05) is 30.5 Å². The smallest absolute Gasteiger partial charge is 0.254 e. The number of likely N-dealkylation sites (tertiary alicyclic amines) is 1. The largest absolute Gasteiger partial charge is 0.390 e. The lowest BCUT2D eigenvalue weighted by atomic mass is 9.82. The summed E-state index contributed by atoms with van der Waals surface area (Å²) in [6, 6.07) is 7.58. The van der Waals surface area contributed by atoms with Gasteiger partial charge in [-0.05, 0) is 38.3 Å². The molecule has 1 aliphatic carbocycles. The fourth-order valence-corrected chi connectivity index (χ4v) is 3.88. The summed E-state index contributed by atoms with van der Waals surface area (Å²) in [4.78, 5) is 14.7. The Balaban J connectivity index is 1.92. The van der Waals surface area contributed by atoms with E-state index in [1.807, 2.05) is 36.1 Å². The van der Waals surface area contributed by atoms with Crippen LogP contribution in [0.4, 0.5) is 0 Å². The van der Waals surface area contributed by atoms with E-state index in [9.17, 15) is 15.0 Å². The van der Waals surface area contributed by atoms with E-state index in [1.165, 1.54) is 0 Å². The van der Waals surface area contributed by atoms with Crippen molar-refractivity contribution in [3.63, 3.8) is 0 Å². The highest BCUT2D eigenvalue weighted by Crippen LogP contribution is 2.42. The Morgan fingerprint density at radius 3 is 2.62 bits per heavy atom. The average molecular weight is 289 g/mol. The SMILES string of the molecule is Cc1cccc(C(=O)N2C[C@@H](O)[C@@H](O)CC23CCCC3)c1. The minimum Gasteiger partial charge on any atom is -0.390 e. The molecular formula is C17H23NO3. The van der Waals surface area contributed by atoms with Crippen LogP contribution in [0, 0.1) is 6.92 Å². The van der Waals surface area contributed by atoms with E-state index in [4.69, 9.17) is 0 Å². The third-order valence-corrected chi connectivity index (χ3v) is 5.02. The zero-order valence-corrected chi connectivity index (χ0v) is 12.5. The van der Waals surface area contributed by atoms with Crippen molar-refractivity contribution in [2.24, 2.45) is 0 Å². The molecule has 4 nitrogen and oxygen atoms in total. The van der Waals surface area contributed by atoms with Crippen LogP contribution in [0.15, 0.2) is 24.3 Å². The molecule has 2 atom stereocenters. The number of nitrogens with zero attached hydrogens (tertiary/aromatic N) is 1. The minimum absolute atomic E-state index is 0.0217. The lowest BCUT2D eigenvalue weighted by molar-refractivity contribution is -0.0824.